The van der Waals surface area contributed by atoms with Crippen LogP contribution in [0.25, 0.3) is 31.9 Å². The van der Waals surface area contributed by atoms with Crippen LogP contribution in [0.15, 0.2) is 85.5 Å². The standard InChI is InChI=1S/C28H24ClN5S/c29-24-5-2-6-25-26(24)33-28(35-25)21-4-1-3-20(15-21)22-16-23(18-32-17-22)27(19-7-9-30-10-8-19)34-13-11-31-12-14-34/h1-10,15-18,27,31H,11-14H2. The summed E-state index contributed by atoms with van der Waals surface area (Å²) in [4.78, 5) is 16.2. The fraction of sp³-hybridized carbons (Fsp3) is 0.179. The molecule has 0 amide bonds. The Morgan fingerprint density at radius 2 is 1.63 bits per heavy atom. The number of hydrogen-bond acceptors (Lipinski definition) is 6. The molecule has 1 aliphatic heterocycles. The van der Waals surface area contributed by atoms with Crippen LogP contribution in [0.1, 0.15) is 17.2 Å². The van der Waals surface area contributed by atoms with Crippen molar-refractivity contribution in [2.45, 2.75) is 6.04 Å². The number of thiazole rings is 1. The van der Waals surface area contributed by atoms with Crippen LogP contribution in [0.2, 0.25) is 5.02 Å². The molecular formula is C28H24ClN5S. The Morgan fingerprint density at radius 3 is 2.46 bits per heavy atom. The number of nitrogens with one attached hydrogen (secondary N) is 1. The molecule has 0 saturated carbocycles. The highest BCUT2D eigenvalue weighted by atomic mass is 35.5. The van der Waals surface area contributed by atoms with Crippen molar-refractivity contribution in [1.82, 2.24) is 25.2 Å². The van der Waals surface area contributed by atoms with Gasteiger partial charge in [0, 0.05) is 62.1 Å². The highest BCUT2D eigenvalue weighted by molar-refractivity contribution is 7.21. The SMILES string of the molecule is Clc1cccc2sc(-c3cccc(-c4cncc(C(c5ccncc5)N5CCNCC5)c4)c3)nc12. The fourth-order valence-electron chi connectivity index (χ4n) is 4.74. The molecule has 1 fully saturated rings. The number of piperazine rings is 1. The van der Waals surface area contributed by atoms with Crippen molar-refractivity contribution in [3.8, 4) is 21.7 Å². The summed E-state index contributed by atoms with van der Waals surface area (Å²) in [5, 5.41) is 5.12. The van der Waals surface area contributed by atoms with E-state index in [1.165, 1.54) is 11.1 Å². The van der Waals surface area contributed by atoms with E-state index in [0.29, 0.717) is 5.02 Å². The minimum Gasteiger partial charge on any atom is -0.314 e. The van der Waals surface area contributed by atoms with Crippen LogP contribution in [0.3, 0.4) is 0 Å². The van der Waals surface area contributed by atoms with Crippen molar-refractivity contribution in [1.29, 1.82) is 0 Å². The topological polar surface area (TPSA) is 53.9 Å². The summed E-state index contributed by atoms with van der Waals surface area (Å²) in [6.07, 6.45) is 7.68. The Bertz CT molecular complexity index is 1460. The van der Waals surface area contributed by atoms with Crippen LogP contribution in [-0.2, 0) is 0 Å². The van der Waals surface area contributed by atoms with Gasteiger partial charge in [0.05, 0.1) is 15.8 Å². The molecule has 6 rings (SSSR count). The molecule has 1 atom stereocenters. The Balaban J connectivity index is 1.38. The number of rotatable bonds is 5. The van der Waals surface area contributed by atoms with Gasteiger partial charge in [-0.05, 0) is 53.1 Å². The second kappa shape index (κ2) is 9.84. The lowest BCUT2D eigenvalue weighted by Crippen LogP contribution is -2.45. The molecule has 0 radical (unpaired) electrons. The second-order valence-corrected chi connectivity index (χ2v) is 10.1. The zero-order valence-electron chi connectivity index (χ0n) is 19.1. The van der Waals surface area contributed by atoms with Crippen molar-refractivity contribution in [2.24, 2.45) is 0 Å². The lowest BCUT2D eigenvalue weighted by molar-refractivity contribution is 0.198. The van der Waals surface area contributed by atoms with Gasteiger partial charge in [-0.1, -0.05) is 35.9 Å². The van der Waals surface area contributed by atoms with Crippen LogP contribution in [0.4, 0.5) is 0 Å². The number of nitrogens with zero attached hydrogens (tertiary/aromatic N) is 4. The highest BCUT2D eigenvalue weighted by Crippen LogP contribution is 2.36. The van der Waals surface area contributed by atoms with Gasteiger partial charge in [0.2, 0.25) is 0 Å². The van der Waals surface area contributed by atoms with Crippen molar-refractivity contribution in [2.75, 3.05) is 26.2 Å². The van der Waals surface area contributed by atoms with Gasteiger partial charge >= 0.3 is 0 Å². The van der Waals surface area contributed by atoms with Gasteiger partial charge in [-0.25, -0.2) is 4.98 Å². The molecule has 1 N–H and O–H groups in total. The van der Waals surface area contributed by atoms with E-state index in [2.05, 4.69) is 68.7 Å². The number of halogens is 1. The van der Waals surface area contributed by atoms with Crippen molar-refractivity contribution >= 4 is 33.2 Å². The lowest BCUT2D eigenvalue weighted by atomic mass is 9.95. The van der Waals surface area contributed by atoms with Gasteiger partial charge in [0.15, 0.2) is 0 Å². The molecule has 174 valence electrons. The van der Waals surface area contributed by atoms with Gasteiger partial charge in [-0.15, -0.1) is 11.3 Å². The number of para-hydroxylation sites is 1. The van der Waals surface area contributed by atoms with Crippen molar-refractivity contribution in [3.63, 3.8) is 0 Å². The number of pyridine rings is 2. The van der Waals surface area contributed by atoms with Gasteiger partial charge < -0.3 is 5.32 Å². The molecule has 2 aromatic carbocycles. The number of aromatic nitrogens is 3. The average Bonchev–Trinajstić information content (AvgIpc) is 3.37. The summed E-state index contributed by atoms with van der Waals surface area (Å²) < 4.78 is 1.10. The molecule has 0 aliphatic carbocycles. The first-order valence-electron chi connectivity index (χ1n) is 11.7. The number of benzene rings is 2. The smallest absolute Gasteiger partial charge is 0.124 e. The van der Waals surface area contributed by atoms with Crippen LogP contribution in [0, 0.1) is 0 Å². The summed E-state index contributed by atoms with van der Waals surface area (Å²) in [6, 6.07) is 21.1. The Labute approximate surface area is 213 Å². The lowest BCUT2D eigenvalue weighted by Gasteiger charge is -2.35. The van der Waals surface area contributed by atoms with E-state index in [1.54, 1.807) is 11.3 Å². The molecule has 1 unspecified atom stereocenters. The van der Waals surface area contributed by atoms with Crippen LogP contribution < -0.4 is 5.32 Å². The minimum absolute atomic E-state index is 0.141. The van der Waals surface area contributed by atoms with Crippen LogP contribution in [0.5, 0.6) is 0 Å². The summed E-state index contributed by atoms with van der Waals surface area (Å²) in [5.41, 5.74) is 6.58. The Hall–Kier alpha value is -3.16. The van der Waals surface area contributed by atoms with Gasteiger partial charge in [-0.3, -0.25) is 14.9 Å². The summed E-state index contributed by atoms with van der Waals surface area (Å²) in [5.74, 6) is 0. The first-order valence-corrected chi connectivity index (χ1v) is 12.9. The fourth-order valence-corrected chi connectivity index (χ4v) is 6.00. The zero-order chi connectivity index (χ0) is 23.6. The third-order valence-corrected chi connectivity index (χ3v) is 7.80. The van der Waals surface area contributed by atoms with E-state index >= 15 is 0 Å². The van der Waals surface area contributed by atoms with Crippen molar-refractivity contribution in [3.05, 3.63) is 102 Å². The molecule has 1 saturated heterocycles. The molecule has 3 aromatic heterocycles. The van der Waals surface area contributed by atoms with E-state index in [4.69, 9.17) is 16.6 Å². The first kappa shape index (κ1) is 22.3. The van der Waals surface area contributed by atoms with E-state index in [-0.39, 0.29) is 6.04 Å². The summed E-state index contributed by atoms with van der Waals surface area (Å²) in [6.45, 7) is 3.96. The third kappa shape index (κ3) is 4.58. The molecule has 0 spiro atoms. The Kier molecular flexibility index (Phi) is 6.27. The van der Waals surface area contributed by atoms with E-state index in [0.717, 1.165) is 58.1 Å². The van der Waals surface area contributed by atoms with E-state index in [1.807, 2.05) is 36.9 Å². The van der Waals surface area contributed by atoms with E-state index in [9.17, 15) is 0 Å². The molecule has 5 nitrogen and oxygen atoms in total. The van der Waals surface area contributed by atoms with Gasteiger partial charge in [0.1, 0.15) is 10.5 Å². The maximum absolute atomic E-state index is 6.37. The summed E-state index contributed by atoms with van der Waals surface area (Å²) in [7, 11) is 0. The maximum Gasteiger partial charge on any atom is 0.124 e. The molecule has 5 aromatic rings. The number of hydrogen-bond donors (Lipinski definition) is 1. The second-order valence-electron chi connectivity index (χ2n) is 8.66. The number of fused-ring (bicyclic) bond motifs is 1. The molecular weight excluding hydrogens is 474 g/mol. The van der Waals surface area contributed by atoms with Gasteiger partial charge in [0.25, 0.3) is 0 Å². The molecule has 1 aliphatic rings. The molecule has 7 heteroatoms. The predicted octanol–water partition coefficient (Wildman–Crippen LogP) is 6.07. The van der Waals surface area contributed by atoms with Gasteiger partial charge in [-0.2, -0.15) is 0 Å². The largest absolute Gasteiger partial charge is 0.314 e. The molecule has 4 heterocycles. The Morgan fingerprint density at radius 1 is 0.829 bits per heavy atom. The normalized spacial score (nSPS) is 15.3. The highest BCUT2D eigenvalue weighted by Gasteiger charge is 2.24. The zero-order valence-corrected chi connectivity index (χ0v) is 20.6. The monoisotopic (exact) mass is 497 g/mol. The van der Waals surface area contributed by atoms with Crippen LogP contribution in [-0.4, -0.2) is 46.0 Å². The van der Waals surface area contributed by atoms with Crippen molar-refractivity contribution < 1.29 is 0 Å². The predicted molar refractivity (Wildman–Crippen MR) is 144 cm³/mol. The molecule has 0 bridgehead atoms. The minimum atomic E-state index is 0.141. The first-order chi connectivity index (χ1) is 17.3. The summed E-state index contributed by atoms with van der Waals surface area (Å²) >= 11 is 8.03. The van der Waals surface area contributed by atoms with E-state index < -0.39 is 0 Å². The quantitative estimate of drug-likeness (QED) is 0.319. The maximum atomic E-state index is 6.37. The third-order valence-electron chi connectivity index (χ3n) is 6.43. The molecule has 35 heavy (non-hydrogen) atoms. The van der Waals surface area contributed by atoms with Crippen LogP contribution >= 0.6 is 22.9 Å². The average molecular weight is 498 g/mol.